The van der Waals surface area contributed by atoms with E-state index in [0.717, 1.165) is 57.9 Å². The van der Waals surface area contributed by atoms with Crippen LogP contribution in [0, 0.1) is 0 Å². The van der Waals surface area contributed by atoms with Crippen molar-refractivity contribution in [3.8, 4) is 5.75 Å². The van der Waals surface area contributed by atoms with Gasteiger partial charge >= 0.3 is 0 Å². The van der Waals surface area contributed by atoms with E-state index in [0.29, 0.717) is 6.04 Å². The lowest BCUT2D eigenvalue weighted by molar-refractivity contribution is -0.135. The van der Waals surface area contributed by atoms with Crippen LogP contribution < -0.4 is 9.64 Å². The van der Waals surface area contributed by atoms with E-state index in [1.165, 1.54) is 5.69 Å². The van der Waals surface area contributed by atoms with Gasteiger partial charge in [-0.05, 0) is 37.1 Å². The van der Waals surface area contributed by atoms with Crippen molar-refractivity contribution in [2.75, 3.05) is 50.8 Å². The van der Waals surface area contributed by atoms with E-state index in [1.807, 2.05) is 35.2 Å². The summed E-state index contributed by atoms with van der Waals surface area (Å²) in [5.41, 5.74) is 1.32. The number of rotatable bonds is 5. The van der Waals surface area contributed by atoms with Crippen LogP contribution in [0.1, 0.15) is 12.8 Å². The molecule has 2 aromatic rings. The normalized spacial score (nSPS) is 18.9. The van der Waals surface area contributed by atoms with Crippen molar-refractivity contribution in [1.82, 2.24) is 9.80 Å². The SMILES string of the molecule is O=C(COc1ccccc1)N1CCC(N2CCN(c3ccccc3)CC2)CC1. The summed E-state index contributed by atoms with van der Waals surface area (Å²) in [5.74, 6) is 0.846. The highest BCUT2D eigenvalue weighted by atomic mass is 16.5. The number of ether oxygens (including phenoxy) is 1. The zero-order valence-corrected chi connectivity index (χ0v) is 16.4. The van der Waals surface area contributed by atoms with Gasteiger partial charge in [-0.25, -0.2) is 0 Å². The van der Waals surface area contributed by atoms with Crippen molar-refractivity contribution in [3.63, 3.8) is 0 Å². The molecule has 0 saturated carbocycles. The molecular formula is C23H29N3O2. The van der Waals surface area contributed by atoms with E-state index in [2.05, 4.69) is 40.1 Å². The summed E-state index contributed by atoms with van der Waals surface area (Å²) in [7, 11) is 0. The standard InChI is InChI=1S/C23H29N3O2/c27-23(19-28-22-9-5-2-6-10-22)26-13-11-21(12-14-26)25-17-15-24(16-18-25)20-7-3-1-4-8-20/h1-10,21H,11-19H2. The lowest BCUT2D eigenvalue weighted by atomic mass is 10.0. The van der Waals surface area contributed by atoms with Gasteiger partial charge in [0, 0.05) is 51.0 Å². The highest BCUT2D eigenvalue weighted by Crippen LogP contribution is 2.21. The van der Waals surface area contributed by atoms with Gasteiger partial charge in [-0.1, -0.05) is 36.4 Å². The summed E-state index contributed by atoms with van der Waals surface area (Å²) in [6.45, 7) is 6.16. The molecule has 148 valence electrons. The second-order valence-electron chi connectivity index (χ2n) is 7.57. The zero-order chi connectivity index (χ0) is 19.2. The first-order valence-corrected chi connectivity index (χ1v) is 10.3. The summed E-state index contributed by atoms with van der Waals surface area (Å²) >= 11 is 0. The molecule has 5 nitrogen and oxygen atoms in total. The molecule has 0 radical (unpaired) electrons. The van der Waals surface area contributed by atoms with E-state index < -0.39 is 0 Å². The summed E-state index contributed by atoms with van der Waals surface area (Å²) in [5, 5.41) is 0. The Bertz CT molecular complexity index is 737. The van der Waals surface area contributed by atoms with Crippen molar-refractivity contribution in [3.05, 3.63) is 60.7 Å². The molecular weight excluding hydrogens is 350 g/mol. The predicted octanol–water partition coefficient (Wildman–Crippen LogP) is 2.88. The lowest BCUT2D eigenvalue weighted by Gasteiger charge is -2.43. The molecule has 0 unspecified atom stereocenters. The topological polar surface area (TPSA) is 36.0 Å². The first-order valence-electron chi connectivity index (χ1n) is 10.3. The largest absolute Gasteiger partial charge is 0.484 e. The highest BCUT2D eigenvalue weighted by molar-refractivity contribution is 5.77. The van der Waals surface area contributed by atoms with Crippen molar-refractivity contribution >= 4 is 11.6 Å². The molecule has 2 saturated heterocycles. The van der Waals surface area contributed by atoms with E-state index in [9.17, 15) is 4.79 Å². The third-order valence-electron chi connectivity index (χ3n) is 5.87. The molecule has 0 aromatic heterocycles. The van der Waals surface area contributed by atoms with E-state index in [4.69, 9.17) is 4.74 Å². The van der Waals surface area contributed by atoms with Gasteiger partial charge in [0.2, 0.25) is 0 Å². The maximum absolute atomic E-state index is 12.4. The first kappa shape index (κ1) is 18.8. The van der Waals surface area contributed by atoms with Crippen molar-refractivity contribution in [2.45, 2.75) is 18.9 Å². The Balaban J connectivity index is 1.20. The molecule has 0 N–H and O–H groups in total. The van der Waals surface area contributed by atoms with Crippen molar-refractivity contribution in [2.24, 2.45) is 0 Å². The fraction of sp³-hybridized carbons (Fsp3) is 0.435. The third kappa shape index (κ3) is 4.65. The van der Waals surface area contributed by atoms with E-state index >= 15 is 0 Å². The van der Waals surface area contributed by atoms with Crippen LogP contribution in [0.4, 0.5) is 5.69 Å². The maximum atomic E-state index is 12.4. The number of amides is 1. The summed E-state index contributed by atoms with van der Waals surface area (Å²) in [6.07, 6.45) is 2.12. The summed E-state index contributed by atoms with van der Waals surface area (Å²) in [4.78, 5) is 19.5. The average Bonchev–Trinajstić information content (AvgIpc) is 2.79. The number of piperazine rings is 1. The van der Waals surface area contributed by atoms with E-state index in [-0.39, 0.29) is 12.5 Å². The second kappa shape index (κ2) is 9.11. The molecule has 2 aromatic carbocycles. The molecule has 0 spiro atoms. The molecule has 0 atom stereocenters. The molecule has 2 aliphatic heterocycles. The van der Waals surface area contributed by atoms with Gasteiger partial charge in [0.05, 0.1) is 0 Å². The Morgan fingerprint density at radius 1 is 0.821 bits per heavy atom. The van der Waals surface area contributed by atoms with Crippen LogP contribution in [0.5, 0.6) is 5.75 Å². The molecule has 5 heteroatoms. The Labute approximate surface area is 167 Å². The highest BCUT2D eigenvalue weighted by Gasteiger charge is 2.29. The number of para-hydroxylation sites is 2. The summed E-state index contributed by atoms with van der Waals surface area (Å²) < 4.78 is 5.61. The second-order valence-corrected chi connectivity index (χ2v) is 7.57. The smallest absolute Gasteiger partial charge is 0.260 e. The van der Waals surface area contributed by atoms with Gasteiger partial charge < -0.3 is 14.5 Å². The molecule has 2 aliphatic rings. The lowest BCUT2D eigenvalue weighted by Crippen LogP contribution is -2.54. The molecule has 4 rings (SSSR count). The van der Waals surface area contributed by atoms with Gasteiger partial charge in [0.25, 0.3) is 5.91 Å². The fourth-order valence-corrected chi connectivity index (χ4v) is 4.22. The molecule has 0 aliphatic carbocycles. The van der Waals surface area contributed by atoms with Crippen LogP contribution in [0.15, 0.2) is 60.7 Å². The Hall–Kier alpha value is -2.53. The summed E-state index contributed by atoms with van der Waals surface area (Å²) in [6, 6.07) is 20.8. The molecule has 2 fully saturated rings. The number of hydrogen-bond acceptors (Lipinski definition) is 4. The first-order chi connectivity index (χ1) is 13.8. The van der Waals surface area contributed by atoms with Crippen LogP contribution in [-0.2, 0) is 4.79 Å². The van der Waals surface area contributed by atoms with Crippen LogP contribution in [0.2, 0.25) is 0 Å². The van der Waals surface area contributed by atoms with E-state index in [1.54, 1.807) is 0 Å². The number of hydrogen-bond donors (Lipinski definition) is 0. The molecule has 1 amide bonds. The monoisotopic (exact) mass is 379 g/mol. The Morgan fingerprint density at radius 2 is 1.43 bits per heavy atom. The van der Waals surface area contributed by atoms with Crippen LogP contribution in [0.25, 0.3) is 0 Å². The van der Waals surface area contributed by atoms with Crippen molar-refractivity contribution < 1.29 is 9.53 Å². The average molecular weight is 380 g/mol. The van der Waals surface area contributed by atoms with Crippen LogP contribution >= 0.6 is 0 Å². The van der Waals surface area contributed by atoms with Gasteiger partial charge in [-0.2, -0.15) is 0 Å². The van der Waals surface area contributed by atoms with Crippen molar-refractivity contribution in [1.29, 1.82) is 0 Å². The number of carbonyl (C=O) groups is 1. The van der Waals surface area contributed by atoms with Gasteiger partial charge in [0.15, 0.2) is 6.61 Å². The molecule has 0 bridgehead atoms. The number of anilines is 1. The Morgan fingerprint density at radius 3 is 2.07 bits per heavy atom. The maximum Gasteiger partial charge on any atom is 0.260 e. The number of benzene rings is 2. The number of nitrogens with zero attached hydrogens (tertiary/aromatic N) is 3. The number of likely N-dealkylation sites (tertiary alicyclic amines) is 1. The quantitative estimate of drug-likeness (QED) is 0.800. The number of piperidine rings is 1. The Kier molecular flexibility index (Phi) is 6.12. The molecule has 28 heavy (non-hydrogen) atoms. The minimum Gasteiger partial charge on any atom is -0.484 e. The minimum absolute atomic E-state index is 0.0937. The third-order valence-corrected chi connectivity index (χ3v) is 5.87. The predicted molar refractivity (Wildman–Crippen MR) is 112 cm³/mol. The van der Waals surface area contributed by atoms with Gasteiger partial charge in [-0.15, -0.1) is 0 Å². The van der Waals surface area contributed by atoms with Gasteiger partial charge in [0.1, 0.15) is 5.75 Å². The minimum atomic E-state index is 0.0937. The van der Waals surface area contributed by atoms with Gasteiger partial charge in [-0.3, -0.25) is 9.69 Å². The van der Waals surface area contributed by atoms with Crippen LogP contribution in [-0.4, -0.2) is 67.6 Å². The zero-order valence-electron chi connectivity index (χ0n) is 16.4. The fourth-order valence-electron chi connectivity index (χ4n) is 4.22. The number of carbonyl (C=O) groups excluding carboxylic acids is 1. The van der Waals surface area contributed by atoms with Crippen LogP contribution in [0.3, 0.4) is 0 Å². The molecule has 2 heterocycles.